The molecule has 0 spiro atoms. The van der Waals surface area contributed by atoms with Gasteiger partial charge in [-0.2, -0.15) is 0 Å². The fraction of sp³-hybridized carbons (Fsp3) is 0.907. The van der Waals surface area contributed by atoms with Crippen molar-refractivity contribution in [1.29, 1.82) is 0 Å². The second-order valence-corrected chi connectivity index (χ2v) is 14.8. The van der Waals surface area contributed by atoms with Gasteiger partial charge in [-0.25, -0.2) is 0 Å². The van der Waals surface area contributed by atoms with Crippen molar-refractivity contribution >= 4 is 11.9 Å². The average molecular weight is 711 g/mol. The van der Waals surface area contributed by atoms with Gasteiger partial charge < -0.3 is 24.8 Å². The number of unbranched alkanes of at least 4 members (excludes halogenated alkanes) is 25. The lowest BCUT2D eigenvalue weighted by atomic mass is 10.0. The summed E-state index contributed by atoms with van der Waals surface area (Å²) in [5.41, 5.74) is 0. The maximum Gasteiger partial charge on any atom is 0.305 e. The Morgan fingerprint density at radius 1 is 0.460 bits per heavy atom. The summed E-state index contributed by atoms with van der Waals surface area (Å²) in [6.45, 7) is 4.14. The lowest BCUT2D eigenvalue weighted by Crippen LogP contribution is -2.25. The molecule has 0 aromatic carbocycles. The van der Waals surface area contributed by atoms with Crippen molar-refractivity contribution < 1.29 is 34.4 Å². The van der Waals surface area contributed by atoms with Gasteiger partial charge in [0.25, 0.3) is 0 Å². The Morgan fingerprint density at radius 2 is 0.820 bits per heavy atom. The largest absolute Gasteiger partial charge is 0.463 e. The van der Waals surface area contributed by atoms with E-state index in [4.69, 9.17) is 9.47 Å². The minimum atomic E-state index is -1.01. The second-order valence-electron chi connectivity index (χ2n) is 14.8. The van der Waals surface area contributed by atoms with E-state index in [0.717, 1.165) is 51.4 Å². The SMILES string of the molecule is CCCCC/C=C\C[C@@H](O)[C@H](O)CCCCCCCC(=O)OC[C@H](O)COC(=O)CCCCCCCCCCCCCCCCCCCCC. The minimum absolute atomic E-state index is 0.152. The van der Waals surface area contributed by atoms with Crippen molar-refractivity contribution in [2.24, 2.45) is 0 Å². The third-order valence-electron chi connectivity index (χ3n) is 9.70. The van der Waals surface area contributed by atoms with Crippen LogP contribution in [0.1, 0.15) is 219 Å². The Bertz CT molecular complexity index is 756. The summed E-state index contributed by atoms with van der Waals surface area (Å²) < 4.78 is 10.3. The van der Waals surface area contributed by atoms with E-state index in [1.54, 1.807) is 0 Å². The third kappa shape index (κ3) is 36.4. The number of carbonyl (C=O) groups excluding carboxylic acids is 2. The molecule has 0 unspecified atom stereocenters. The molecule has 0 aliphatic heterocycles. The standard InChI is InChI=1S/C43H82O7/c1-3-5-7-9-11-12-13-14-15-16-17-18-19-20-21-22-23-27-31-35-42(47)49-37-39(44)38-50-43(48)36-32-28-24-26-30-34-41(46)40(45)33-29-25-10-8-6-4-2/h25,29,39-41,44-46H,3-24,26-28,30-38H2,1-2H3/b29-25-/t39-,40-,41-/m1/s1. The Kier molecular flexibility index (Phi) is 37.7. The summed E-state index contributed by atoms with van der Waals surface area (Å²) in [4.78, 5) is 24.0. The molecule has 0 aliphatic carbocycles. The number of hydrogen-bond acceptors (Lipinski definition) is 7. The highest BCUT2D eigenvalue weighted by Crippen LogP contribution is 2.16. The van der Waals surface area contributed by atoms with Gasteiger partial charge in [0.1, 0.15) is 19.3 Å². The van der Waals surface area contributed by atoms with Crippen molar-refractivity contribution in [2.45, 2.75) is 238 Å². The second kappa shape index (κ2) is 38.8. The number of allylic oxidation sites excluding steroid dienone is 1. The molecule has 7 nitrogen and oxygen atoms in total. The van der Waals surface area contributed by atoms with Gasteiger partial charge in [-0.15, -0.1) is 0 Å². The zero-order valence-corrected chi connectivity index (χ0v) is 32.9. The number of hydrogen-bond donors (Lipinski definition) is 3. The molecule has 0 radical (unpaired) electrons. The van der Waals surface area contributed by atoms with Gasteiger partial charge in [0.2, 0.25) is 0 Å². The molecule has 7 heteroatoms. The summed E-state index contributed by atoms with van der Waals surface area (Å²) in [5, 5.41) is 30.3. The van der Waals surface area contributed by atoms with Crippen LogP contribution < -0.4 is 0 Å². The minimum Gasteiger partial charge on any atom is -0.463 e. The normalized spacial score (nSPS) is 13.5. The van der Waals surface area contributed by atoms with Crippen LogP contribution in [0.15, 0.2) is 12.2 Å². The number of ether oxygens (including phenoxy) is 2. The predicted molar refractivity (Wildman–Crippen MR) is 208 cm³/mol. The Labute approximate surface area is 308 Å². The topological polar surface area (TPSA) is 113 Å². The highest BCUT2D eigenvalue weighted by molar-refractivity contribution is 5.69. The molecule has 0 saturated heterocycles. The molecule has 0 aliphatic rings. The van der Waals surface area contributed by atoms with E-state index < -0.39 is 18.3 Å². The van der Waals surface area contributed by atoms with Crippen LogP contribution in [0.25, 0.3) is 0 Å². The van der Waals surface area contributed by atoms with Crippen LogP contribution in [0.5, 0.6) is 0 Å². The molecule has 0 rings (SSSR count). The highest BCUT2D eigenvalue weighted by Gasteiger charge is 2.14. The molecule has 0 aromatic heterocycles. The summed E-state index contributed by atoms with van der Waals surface area (Å²) >= 11 is 0. The highest BCUT2D eigenvalue weighted by atomic mass is 16.6. The van der Waals surface area contributed by atoms with Gasteiger partial charge in [-0.1, -0.05) is 180 Å². The van der Waals surface area contributed by atoms with Gasteiger partial charge >= 0.3 is 11.9 Å². The van der Waals surface area contributed by atoms with E-state index in [0.29, 0.717) is 25.7 Å². The van der Waals surface area contributed by atoms with E-state index in [9.17, 15) is 24.9 Å². The molecule has 0 bridgehead atoms. The smallest absolute Gasteiger partial charge is 0.305 e. The van der Waals surface area contributed by atoms with Crippen LogP contribution >= 0.6 is 0 Å². The Hall–Kier alpha value is -1.44. The Morgan fingerprint density at radius 3 is 1.24 bits per heavy atom. The van der Waals surface area contributed by atoms with Crippen LogP contribution in [0.3, 0.4) is 0 Å². The molecule has 0 aromatic rings. The van der Waals surface area contributed by atoms with E-state index in [1.165, 1.54) is 122 Å². The van der Waals surface area contributed by atoms with Crippen molar-refractivity contribution in [1.82, 2.24) is 0 Å². The van der Waals surface area contributed by atoms with Crippen LogP contribution in [0.4, 0.5) is 0 Å². The van der Waals surface area contributed by atoms with Crippen LogP contribution in [0.2, 0.25) is 0 Å². The first-order valence-electron chi connectivity index (χ1n) is 21.4. The summed E-state index contributed by atoms with van der Waals surface area (Å²) in [5.74, 6) is -0.662. The molecule has 0 saturated carbocycles. The van der Waals surface area contributed by atoms with E-state index in [-0.39, 0.29) is 31.6 Å². The first-order chi connectivity index (χ1) is 24.4. The van der Waals surface area contributed by atoms with Gasteiger partial charge in [0.05, 0.1) is 12.2 Å². The molecule has 0 heterocycles. The fourth-order valence-electron chi connectivity index (χ4n) is 6.29. The third-order valence-corrected chi connectivity index (χ3v) is 9.70. The molecule has 3 N–H and O–H groups in total. The van der Waals surface area contributed by atoms with Crippen molar-refractivity contribution in [3.8, 4) is 0 Å². The summed E-state index contributed by atoms with van der Waals surface area (Å²) in [7, 11) is 0. The molecular weight excluding hydrogens is 628 g/mol. The monoisotopic (exact) mass is 711 g/mol. The van der Waals surface area contributed by atoms with E-state index in [1.807, 2.05) is 6.08 Å². The first-order valence-corrected chi connectivity index (χ1v) is 21.4. The van der Waals surface area contributed by atoms with Crippen LogP contribution in [0, 0.1) is 0 Å². The lowest BCUT2D eigenvalue weighted by Gasteiger charge is -2.16. The number of aliphatic hydroxyl groups excluding tert-OH is 3. The molecule has 3 atom stereocenters. The first kappa shape index (κ1) is 48.6. The Balaban J connectivity index is 3.49. The maximum atomic E-state index is 12.0. The molecule has 50 heavy (non-hydrogen) atoms. The quantitative estimate of drug-likeness (QED) is 0.0330. The predicted octanol–water partition coefficient (Wildman–Crippen LogP) is 11.2. The number of aliphatic hydroxyl groups is 3. The molecule has 0 amide bonds. The number of esters is 2. The van der Waals surface area contributed by atoms with E-state index >= 15 is 0 Å². The van der Waals surface area contributed by atoms with Crippen LogP contribution in [-0.2, 0) is 19.1 Å². The average Bonchev–Trinajstić information content (AvgIpc) is 3.11. The van der Waals surface area contributed by atoms with Crippen LogP contribution in [-0.4, -0.2) is 58.8 Å². The van der Waals surface area contributed by atoms with Gasteiger partial charge in [0, 0.05) is 12.8 Å². The summed E-state index contributed by atoms with van der Waals surface area (Å²) in [6.07, 6.45) is 37.3. The maximum absolute atomic E-state index is 12.0. The number of rotatable bonds is 39. The zero-order chi connectivity index (χ0) is 36.8. The van der Waals surface area contributed by atoms with Gasteiger partial charge in [-0.05, 0) is 38.5 Å². The zero-order valence-electron chi connectivity index (χ0n) is 32.9. The lowest BCUT2D eigenvalue weighted by molar-refractivity contribution is -0.152. The molecular formula is C43H82O7. The van der Waals surface area contributed by atoms with Gasteiger partial charge in [-0.3, -0.25) is 9.59 Å². The van der Waals surface area contributed by atoms with Crippen molar-refractivity contribution in [3.05, 3.63) is 12.2 Å². The molecule has 0 fully saturated rings. The van der Waals surface area contributed by atoms with E-state index in [2.05, 4.69) is 19.9 Å². The molecule has 296 valence electrons. The van der Waals surface area contributed by atoms with Crippen molar-refractivity contribution in [2.75, 3.05) is 13.2 Å². The van der Waals surface area contributed by atoms with Crippen molar-refractivity contribution in [3.63, 3.8) is 0 Å². The summed E-state index contributed by atoms with van der Waals surface area (Å²) in [6, 6.07) is 0. The fourth-order valence-corrected chi connectivity index (χ4v) is 6.29. The number of carbonyl (C=O) groups is 2. The van der Waals surface area contributed by atoms with Gasteiger partial charge in [0.15, 0.2) is 0 Å².